The monoisotopic (exact) mass is 411 g/mol. The summed E-state index contributed by atoms with van der Waals surface area (Å²) in [5.74, 6) is 1.43. The number of hydrogen-bond acceptors (Lipinski definition) is 4. The Balaban J connectivity index is 1.52. The van der Waals surface area contributed by atoms with Crippen molar-refractivity contribution in [2.75, 3.05) is 29.9 Å². The number of nitrogens with zero attached hydrogens (tertiary/aromatic N) is 4. The molecule has 1 saturated heterocycles. The topological polar surface area (TPSA) is 53.4 Å². The molecule has 2 aromatic rings. The second kappa shape index (κ2) is 8.08. The number of anilines is 2. The van der Waals surface area contributed by atoms with E-state index in [1.807, 2.05) is 12.3 Å². The third-order valence-electron chi connectivity index (χ3n) is 6.32. The van der Waals surface area contributed by atoms with Gasteiger partial charge in [0.25, 0.3) is 0 Å². The number of amides is 1. The first-order valence-electron chi connectivity index (χ1n) is 10.9. The summed E-state index contributed by atoms with van der Waals surface area (Å²) in [5.41, 5.74) is 4.56. The summed E-state index contributed by atoms with van der Waals surface area (Å²) in [7, 11) is 2.80. The second-order valence-corrected chi connectivity index (χ2v) is 9.32. The van der Waals surface area contributed by atoms with Crippen LogP contribution in [0.4, 0.5) is 11.4 Å². The van der Waals surface area contributed by atoms with E-state index >= 15 is 0 Å². The Morgan fingerprint density at radius 3 is 2.62 bits per heavy atom. The summed E-state index contributed by atoms with van der Waals surface area (Å²) in [4.78, 5) is 19.6. The summed E-state index contributed by atoms with van der Waals surface area (Å²) in [6.45, 7) is 5.01. The Labute approximate surface area is 174 Å². The van der Waals surface area contributed by atoms with Gasteiger partial charge in [-0.2, -0.15) is 0 Å². The number of benzene rings is 1. The van der Waals surface area contributed by atoms with Crippen LogP contribution in [0.5, 0.6) is 0 Å². The van der Waals surface area contributed by atoms with Crippen molar-refractivity contribution in [1.82, 2.24) is 14.2 Å². The molecule has 6 nitrogen and oxygen atoms in total. The molecule has 29 heavy (non-hydrogen) atoms. The van der Waals surface area contributed by atoms with Crippen LogP contribution >= 0.6 is 9.39 Å². The molecule has 0 radical (unpaired) electrons. The molecule has 2 aliphatic heterocycles. The Hall–Kier alpha value is -1.91. The van der Waals surface area contributed by atoms with E-state index in [-0.39, 0.29) is 11.8 Å². The molecule has 1 saturated carbocycles. The molecule has 1 unspecified atom stereocenters. The van der Waals surface area contributed by atoms with E-state index in [2.05, 4.69) is 41.0 Å². The number of nitrogens with one attached hydrogen (secondary N) is 1. The largest absolute Gasteiger partial charge is 0.371 e. The quantitative estimate of drug-likeness (QED) is 0.776. The van der Waals surface area contributed by atoms with Crippen molar-refractivity contribution in [2.45, 2.75) is 51.6 Å². The van der Waals surface area contributed by atoms with Gasteiger partial charge in [-0.1, -0.05) is 22.2 Å². The molecular weight excluding hydrogens is 381 g/mol. The Morgan fingerprint density at radius 2 is 1.86 bits per heavy atom. The molecule has 3 aliphatic rings. The van der Waals surface area contributed by atoms with Crippen LogP contribution < -0.4 is 10.2 Å². The minimum absolute atomic E-state index is 0.165. The van der Waals surface area contributed by atoms with Gasteiger partial charge < -0.3 is 14.8 Å². The molecule has 1 atom stereocenters. The summed E-state index contributed by atoms with van der Waals surface area (Å²) in [5, 5.41) is 3.14. The average molecular weight is 411 g/mol. The number of fused-ring (bicyclic) bond motifs is 1. The summed E-state index contributed by atoms with van der Waals surface area (Å²) >= 11 is 0. The lowest BCUT2D eigenvalue weighted by Gasteiger charge is -2.28. The molecule has 1 aliphatic carbocycles. The standard InChI is InChI=1S/C22H30N5OP/c28-22(16-5-6-16)24-17-7-8-19(20(13-17)25-9-3-1-2-4-10-25)21-23-14-18-15-26(29)11-12-27(18)21/h7-8,13-14,16H,1-6,9-12,15,29H2,(H,24,28). The molecule has 1 N–H and O–H groups in total. The molecular formula is C22H30N5OP. The fourth-order valence-corrected chi connectivity index (χ4v) is 4.78. The van der Waals surface area contributed by atoms with Gasteiger partial charge in [-0.3, -0.25) is 9.46 Å². The summed E-state index contributed by atoms with van der Waals surface area (Å²) in [6, 6.07) is 6.38. The third kappa shape index (κ3) is 4.06. The van der Waals surface area contributed by atoms with Crippen LogP contribution in [0.15, 0.2) is 24.4 Å². The molecule has 3 heterocycles. The number of carbonyl (C=O) groups is 1. The van der Waals surface area contributed by atoms with Gasteiger partial charge in [0.1, 0.15) is 5.82 Å². The Bertz CT molecular complexity index is 899. The highest BCUT2D eigenvalue weighted by Crippen LogP contribution is 2.36. The van der Waals surface area contributed by atoms with Crippen LogP contribution in [-0.2, 0) is 17.9 Å². The molecule has 0 spiro atoms. The summed E-state index contributed by atoms with van der Waals surface area (Å²) in [6.07, 6.45) is 9.10. The molecule has 0 bridgehead atoms. The van der Waals surface area contributed by atoms with Crippen molar-refractivity contribution < 1.29 is 4.79 Å². The lowest BCUT2D eigenvalue weighted by Crippen LogP contribution is -2.27. The highest BCUT2D eigenvalue weighted by atomic mass is 31.0. The van der Waals surface area contributed by atoms with E-state index in [0.29, 0.717) is 0 Å². The van der Waals surface area contributed by atoms with Crippen LogP contribution in [0.25, 0.3) is 11.4 Å². The van der Waals surface area contributed by atoms with Crippen molar-refractivity contribution in [2.24, 2.45) is 5.92 Å². The first-order valence-corrected chi connectivity index (χ1v) is 11.4. The maximum atomic E-state index is 12.3. The number of aromatic nitrogens is 2. The van der Waals surface area contributed by atoms with Gasteiger partial charge in [-0.05, 0) is 43.9 Å². The van der Waals surface area contributed by atoms with E-state index in [1.165, 1.54) is 42.6 Å². The molecule has 1 aromatic carbocycles. The predicted octanol–water partition coefficient (Wildman–Crippen LogP) is 3.88. The maximum Gasteiger partial charge on any atom is 0.227 e. The van der Waals surface area contributed by atoms with Crippen molar-refractivity contribution >= 4 is 26.7 Å². The number of hydrogen-bond donors (Lipinski definition) is 1. The second-order valence-electron chi connectivity index (χ2n) is 8.59. The van der Waals surface area contributed by atoms with Crippen molar-refractivity contribution in [3.05, 3.63) is 30.1 Å². The van der Waals surface area contributed by atoms with Crippen molar-refractivity contribution in [3.8, 4) is 11.4 Å². The van der Waals surface area contributed by atoms with Gasteiger partial charge in [0.15, 0.2) is 0 Å². The van der Waals surface area contributed by atoms with Crippen LogP contribution in [0.2, 0.25) is 0 Å². The van der Waals surface area contributed by atoms with Crippen LogP contribution in [0.3, 0.4) is 0 Å². The average Bonchev–Trinajstić information content (AvgIpc) is 3.53. The zero-order valence-electron chi connectivity index (χ0n) is 16.9. The van der Waals surface area contributed by atoms with Gasteiger partial charge in [-0.25, -0.2) is 4.98 Å². The van der Waals surface area contributed by atoms with E-state index in [0.717, 1.165) is 57.1 Å². The Morgan fingerprint density at radius 1 is 1.07 bits per heavy atom. The minimum Gasteiger partial charge on any atom is -0.371 e. The van der Waals surface area contributed by atoms with E-state index in [1.54, 1.807) is 0 Å². The summed E-state index contributed by atoms with van der Waals surface area (Å²) < 4.78 is 4.62. The van der Waals surface area contributed by atoms with E-state index < -0.39 is 0 Å². The van der Waals surface area contributed by atoms with Gasteiger partial charge in [0.2, 0.25) is 5.91 Å². The van der Waals surface area contributed by atoms with Crippen molar-refractivity contribution in [1.29, 1.82) is 0 Å². The van der Waals surface area contributed by atoms with Crippen LogP contribution in [-0.4, -0.2) is 39.8 Å². The van der Waals surface area contributed by atoms with Gasteiger partial charge >= 0.3 is 0 Å². The number of carbonyl (C=O) groups excluding carboxylic acids is 1. The molecule has 1 aromatic heterocycles. The van der Waals surface area contributed by atoms with Crippen LogP contribution in [0.1, 0.15) is 44.2 Å². The fraction of sp³-hybridized carbons (Fsp3) is 0.545. The van der Waals surface area contributed by atoms with Gasteiger partial charge in [0, 0.05) is 55.6 Å². The zero-order valence-corrected chi connectivity index (χ0v) is 18.1. The van der Waals surface area contributed by atoms with Gasteiger partial charge in [-0.15, -0.1) is 0 Å². The lowest BCUT2D eigenvalue weighted by atomic mass is 10.1. The van der Waals surface area contributed by atoms with E-state index in [9.17, 15) is 4.79 Å². The highest BCUT2D eigenvalue weighted by molar-refractivity contribution is 7.13. The predicted molar refractivity (Wildman–Crippen MR) is 120 cm³/mol. The number of rotatable bonds is 4. The minimum atomic E-state index is 0.165. The number of imidazole rings is 1. The lowest BCUT2D eigenvalue weighted by molar-refractivity contribution is -0.117. The van der Waals surface area contributed by atoms with Gasteiger partial charge in [0.05, 0.1) is 11.9 Å². The maximum absolute atomic E-state index is 12.3. The first-order chi connectivity index (χ1) is 14.2. The van der Waals surface area contributed by atoms with Crippen LogP contribution in [0, 0.1) is 5.92 Å². The SMILES string of the molecule is O=C(Nc1ccc(-c2ncc3n2CCN(P)C3)c(N2CCCCCC2)c1)C1CC1. The molecule has 2 fully saturated rings. The molecule has 5 rings (SSSR count). The smallest absolute Gasteiger partial charge is 0.227 e. The highest BCUT2D eigenvalue weighted by Gasteiger charge is 2.30. The first kappa shape index (κ1) is 19.1. The fourth-order valence-electron chi connectivity index (χ4n) is 4.48. The molecule has 1 amide bonds. The molecule has 154 valence electrons. The van der Waals surface area contributed by atoms with E-state index in [4.69, 9.17) is 4.98 Å². The normalized spacial score (nSPS) is 20.2. The third-order valence-corrected chi connectivity index (χ3v) is 6.76. The molecule has 7 heteroatoms. The zero-order chi connectivity index (χ0) is 19.8. The Kier molecular flexibility index (Phi) is 5.31. The van der Waals surface area contributed by atoms with Crippen molar-refractivity contribution in [3.63, 3.8) is 0 Å².